The number of imidazole rings is 1. The van der Waals surface area contributed by atoms with Gasteiger partial charge in [0.25, 0.3) is 0 Å². The molecule has 2 aromatic carbocycles. The summed E-state index contributed by atoms with van der Waals surface area (Å²) in [5, 5.41) is 15.2. The van der Waals surface area contributed by atoms with E-state index >= 15 is 0 Å². The zero-order chi connectivity index (χ0) is 25.1. The van der Waals surface area contributed by atoms with E-state index in [2.05, 4.69) is 20.3 Å². The second kappa shape index (κ2) is 10.1. The quantitative estimate of drug-likeness (QED) is 0.398. The first-order valence-corrected chi connectivity index (χ1v) is 12.1. The zero-order valence-corrected chi connectivity index (χ0v) is 20.6. The predicted octanol–water partition coefficient (Wildman–Crippen LogP) is 4.43. The van der Waals surface area contributed by atoms with Gasteiger partial charge in [-0.3, -0.25) is 0 Å². The van der Waals surface area contributed by atoms with Gasteiger partial charge < -0.3 is 24.6 Å². The number of rotatable bonds is 6. The van der Waals surface area contributed by atoms with Gasteiger partial charge in [-0.1, -0.05) is 54.1 Å². The van der Waals surface area contributed by atoms with Crippen molar-refractivity contribution in [2.45, 2.75) is 38.1 Å². The summed E-state index contributed by atoms with van der Waals surface area (Å²) in [4.78, 5) is 27.8. The molecule has 4 aromatic rings. The third-order valence-electron chi connectivity index (χ3n) is 6.53. The maximum absolute atomic E-state index is 12.8. The van der Waals surface area contributed by atoms with E-state index in [1.54, 1.807) is 18.2 Å². The first-order valence-electron chi connectivity index (χ1n) is 11.7. The number of nitrogens with one attached hydrogen (secondary N) is 1. The Labute approximate surface area is 213 Å². The van der Waals surface area contributed by atoms with E-state index in [1.807, 2.05) is 59.2 Å². The Morgan fingerprint density at radius 1 is 1.14 bits per heavy atom. The van der Waals surface area contributed by atoms with Crippen LogP contribution in [-0.4, -0.2) is 54.3 Å². The van der Waals surface area contributed by atoms with E-state index in [9.17, 15) is 9.90 Å². The number of aliphatic hydroxyl groups is 1. The van der Waals surface area contributed by atoms with Crippen LogP contribution in [0, 0.1) is 0 Å². The highest BCUT2D eigenvalue weighted by atomic mass is 35.5. The molecular weight excluding hydrogens is 480 g/mol. The summed E-state index contributed by atoms with van der Waals surface area (Å²) in [6.45, 7) is 3.17. The first-order chi connectivity index (χ1) is 17.4. The molecule has 0 saturated carbocycles. The van der Waals surface area contributed by atoms with Crippen molar-refractivity contribution in [2.75, 3.05) is 18.4 Å². The summed E-state index contributed by atoms with van der Waals surface area (Å²) >= 11 is 5.98. The van der Waals surface area contributed by atoms with Crippen molar-refractivity contribution in [3.05, 3.63) is 83.4 Å². The fourth-order valence-corrected chi connectivity index (χ4v) is 4.51. The number of carbonyl (C=O) groups excluding carboxylic acids is 1. The van der Waals surface area contributed by atoms with Gasteiger partial charge in [-0.15, -0.1) is 0 Å². The number of ether oxygens (including phenoxy) is 1. The number of halogens is 1. The topological polar surface area (TPSA) is 105 Å². The summed E-state index contributed by atoms with van der Waals surface area (Å²) in [6.07, 6.45) is 3.09. The van der Waals surface area contributed by atoms with Crippen LogP contribution >= 0.6 is 11.6 Å². The molecule has 1 saturated heterocycles. The Morgan fingerprint density at radius 2 is 1.92 bits per heavy atom. The van der Waals surface area contributed by atoms with Crippen molar-refractivity contribution >= 4 is 34.7 Å². The molecule has 186 valence electrons. The minimum Gasteiger partial charge on any atom is -0.445 e. The van der Waals surface area contributed by atoms with Gasteiger partial charge in [-0.2, -0.15) is 0 Å². The molecule has 0 aliphatic carbocycles. The molecule has 2 atom stereocenters. The smallest absolute Gasteiger partial charge is 0.410 e. The number of carbonyl (C=O) groups is 1. The number of hydrogen-bond acceptors (Lipinski definition) is 7. The van der Waals surface area contributed by atoms with Gasteiger partial charge in [0.2, 0.25) is 0 Å². The van der Waals surface area contributed by atoms with Crippen molar-refractivity contribution in [3.63, 3.8) is 0 Å². The molecule has 1 amide bonds. The van der Waals surface area contributed by atoms with E-state index in [0.29, 0.717) is 41.5 Å². The minimum atomic E-state index is -1.06. The van der Waals surface area contributed by atoms with Gasteiger partial charge in [-0.25, -0.2) is 19.7 Å². The largest absolute Gasteiger partial charge is 0.445 e. The molecule has 3 heterocycles. The molecule has 10 heteroatoms. The summed E-state index contributed by atoms with van der Waals surface area (Å²) < 4.78 is 7.35. The summed E-state index contributed by atoms with van der Waals surface area (Å²) in [5.41, 5.74) is 2.07. The molecule has 0 spiro atoms. The SMILES string of the molecule is C[C@@]1(O)CCN(C(=O)OCc2ccccc2)C[C@H]1n1cnc2c(NCc3ccc(Cl)cc3)ncnc21. The Morgan fingerprint density at radius 3 is 2.69 bits per heavy atom. The molecule has 1 aliphatic heterocycles. The highest BCUT2D eigenvalue weighted by Gasteiger charge is 2.41. The number of fused-ring (bicyclic) bond motifs is 1. The molecular formula is C26H27ClN6O3. The van der Waals surface area contributed by atoms with E-state index in [0.717, 1.165) is 11.1 Å². The second-order valence-corrected chi connectivity index (χ2v) is 9.57. The van der Waals surface area contributed by atoms with Crippen molar-refractivity contribution in [1.82, 2.24) is 24.4 Å². The van der Waals surface area contributed by atoms with E-state index in [1.165, 1.54) is 6.33 Å². The number of aromatic nitrogens is 4. The Balaban J connectivity index is 1.33. The lowest BCUT2D eigenvalue weighted by Crippen LogP contribution is -2.52. The molecule has 1 aliphatic rings. The Kier molecular flexibility index (Phi) is 6.75. The minimum absolute atomic E-state index is 0.196. The van der Waals surface area contributed by atoms with Crippen LogP contribution in [0.3, 0.4) is 0 Å². The number of hydrogen-bond donors (Lipinski definition) is 2. The molecule has 36 heavy (non-hydrogen) atoms. The second-order valence-electron chi connectivity index (χ2n) is 9.14. The number of likely N-dealkylation sites (tertiary alicyclic amines) is 1. The molecule has 5 rings (SSSR count). The van der Waals surface area contributed by atoms with Crippen LogP contribution in [0.1, 0.15) is 30.5 Å². The Hall–Kier alpha value is -3.69. The number of benzene rings is 2. The summed E-state index contributed by atoms with van der Waals surface area (Å²) in [7, 11) is 0. The van der Waals surface area contributed by atoms with Crippen LogP contribution in [0.4, 0.5) is 10.6 Å². The maximum atomic E-state index is 12.8. The van der Waals surface area contributed by atoms with Crippen LogP contribution in [0.2, 0.25) is 5.02 Å². The molecule has 2 N–H and O–H groups in total. The lowest BCUT2D eigenvalue weighted by atomic mass is 9.88. The van der Waals surface area contributed by atoms with Crippen LogP contribution in [0.15, 0.2) is 67.3 Å². The molecule has 9 nitrogen and oxygen atoms in total. The van der Waals surface area contributed by atoms with Gasteiger partial charge in [0, 0.05) is 24.7 Å². The van der Waals surface area contributed by atoms with Gasteiger partial charge >= 0.3 is 6.09 Å². The maximum Gasteiger partial charge on any atom is 0.410 e. The summed E-state index contributed by atoms with van der Waals surface area (Å²) in [5.74, 6) is 0.586. The standard InChI is InChI=1S/C26H27ClN6O3/c1-26(35)11-12-32(25(34)36-15-19-5-3-2-4-6-19)14-21(26)33-17-31-22-23(29-16-30-24(22)33)28-13-18-7-9-20(27)10-8-18/h2-10,16-17,21,35H,11-15H2,1H3,(H,28,29,30)/t21-,26-/m1/s1. The van der Waals surface area contributed by atoms with Crippen molar-refractivity contribution < 1.29 is 14.6 Å². The average molecular weight is 507 g/mol. The predicted molar refractivity (Wildman–Crippen MR) is 137 cm³/mol. The van der Waals surface area contributed by atoms with Crippen LogP contribution in [0.5, 0.6) is 0 Å². The molecule has 1 fully saturated rings. The molecule has 0 unspecified atom stereocenters. The monoisotopic (exact) mass is 506 g/mol. The van der Waals surface area contributed by atoms with Gasteiger partial charge in [0.15, 0.2) is 11.5 Å². The average Bonchev–Trinajstić information content (AvgIpc) is 3.32. The highest BCUT2D eigenvalue weighted by Crippen LogP contribution is 2.34. The van der Waals surface area contributed by atoms with Crippen molar-refractivity contribution in [1.29, 1.82) is 0 Å². The van der Waals surface area contributed by atoms with Crippen LogP contribution < -0.4 is 5.32 Å². The molecule has 0 bridgehead atoms. The fourth-order valence-electron chi connectivity index (χ4n) is 4.39. The lowest BCUT2D eigenvalue weighted by Gasteiger charge is -2.42. The third kappa shape index (κ3) is 5.12. The lowest BCUT2D eigenvalue weighted by molar-refractivity contribution is -0.0476. The van der Waals surface area contributed by atoms with Crippen molar-refractivity contribution in [2.24, 2.45) is 0 Å². The zero-order valence-electron chi connectivity index (χ0n) is 19.8. The van der Waals surface area contributed by atoms with Gasteiger partial charge in [0.1, 0.15) is 18.5 Å². The number of anilines is 1. The van der Waals surface area contributed by atoms with Gasteiger partial charge in [-0.05, 0) is 36.6 Å². The normalized spacial score (nSPS) is 19.9. The third-order valence-corrected chi connectivity index (χ3v) is 6.78. The summed E-state index contributed by atoms with van der Waals surface area (Å²) in [6, 6.07) is 16.6. The molecule has 2 aromatic heterocycles. The highest BCUT2D eigenvalue weighted by molar-refractivity contribution is 6.30. The number of amides is 1. The van der Waals surface area contributed by atoms with E-state index in [-0.39, 0.29) is 13.2 Å². The Bertz CT molecular complexity index is 1340. The van der Waals surface area contributed by atoms with Crippen LogP contribution in [0.25, 0.3) is 11.2 Å². The molecule has 0 radical (unpaired) electrons. The van der Waals surface area contributed by atoms with Crippen molar-refractivity contribution in [3.8, 4) is 0 Å². The van der Waals surface area contributed by atoms with E-state index in [4.69, 9.17) is 16.3 Å². The van der Waals surface area contributed by atoms with Crippen LogP contribution in [-0.2, 0) is 17.9 Å². The van der Waals surface area contributed by atoms with E-state index < -0.39 is 17.7 Å². The fraction of sp³-hybridized carbons (Fsp3) is 0.308. The first kappa shape index (κ1) is 24.0. The number of piperidine rings is 1. The van der Waals surface area contributed by atoms with Gasteiger partial charge in [0.05, 0.1) is 18.0 Å². The number of nitrogens with zero attached hydrogens (tertiary/aromatic N) is 5.